The Labute approximate surface area is 122 Å². The molecule has 0 spiro atoms. The lowest BCUT2D eigenvalue weighted by Crippen LogP contribution is -1.89. The van der Waals surface area contributed by atoms with Crippen LogP contribution in [0.3, 0.4) is 0 Å². The molecule has 0 radical (unpaired) electrons. The van der Waals surface area contributed by atoms with Gasteiger partial charge in [0, 0.05) is 17.7 Å². The molecule has 0 saturated heterocycles. The number of aromatic hydroxyl groups is 1. The van der Waals surface area contributed by atoms with Crippen LogP contribution in [0.1, 0.15) is 5.56 Å². The van der Waals surface area contributed by atoms with Crippen LogP contribution in [0.25, 0.3) is 22.4 Å². The van der Waals surface area contributed by atoms with E-state index in [4.69, 9.17) is 9.47 Å². The van der Waals surface area contributed by atoms with Gasteiger partial charge in [0.1, 0.15) is 11.6 Å². The van der Waals surface area contributed by atoms with Crippen LogP contribution in [0.15, 0.2) is 30.3 Å². The summed E-state index contributed by atoms with van der Waals surface area (Å²) in [5.41, 5.74) is 3.39. The molecule has 0 atom stereocenters. The summed E-state index contributed by atoms with van der Waals surface area (Å²) < 4.78 is 10.6. The van der Waals surface area contributed by atoms with Crippen molar-refractivity contribution in [3.63, 3.8) is 0 Å². The number of hydrogen-bond acceptors (Lipinski definition) is 4. The molecule has 0 amide bonds. The number of benzene rings is 2. The van der Waals surface area contributed by atoms with Crippen molar-refractivity contribution >= 4 is 11.0 Å². The minimum Gasteiger partial charge on any atom is -0.508 e. The molecule has 5 heteroatoms. The van der Waals surface area contributed by atoms with Crippen LogP contribution in [0.2, 0.25) is 0 Å². The Balaban J connectivity index is 2.14. The van der Waals surface area contributed by atoms with Gasteiger partial charge in [-0.05, 0) is 30.7 Å². The fraction of sp³-hybridized carbons (Fsp3) is 0.188. The Bertz CT molecular complexity index is 768. The van der Waals surface area contributed by atoms with E-state index >= 15 is 0 Å². The van der Waals surface area contributed by atoms with E-state index in [2.05, 4.69) is 9.97 Å². The number of fused-ring (bicyclic) bond motifs is 1. The predicted octanol–water partition coefficient (Wildman–Crippen LogP) is 3.26. The molecule has 1 heterocycles. The van der Waals surface area contributed by atoms with Gasteiger partial charge in [-0.3, -0.25) is 0 Å². The number of imidazole rings is 1. The largest absolute Gasteiger partial charge is 0.508 e. The molecule has 0 saturated carbocycles. The Morgan fingerprint density at radius 1 is 1.05 bits per heavy atom. The van der Waals surface area contributed by atoms with Crippen molar-refractivity contribution < 1.29 is 14.6 Å². The zero-order valence-corrected chi connectivity index (χ0v) is 12.1. The molecule has 108 valence electrons. The number of hydrogen-bond donors (Lipinski definition) is 2. The molecule has 5 nitrogen and oxygen atoms in total. The van der Waals surface area contributed by atoms with Crippen LogP contribution in [-0.4, -0.2) is 29.3 Å². The smallest absolute Gasteiger partial charge is 0.163 e. The fourth-order valence-electron chi connectivity index (χ4n) is 2.28. The third kappa shape index (κ3) is 2.27. The van der Waals surface area contributed by atoms with Crippen LogP contribution in [0.5, 0.6) is 17.2 Å². The highest BCUT2D eigenvalue weighted by molar-refractivity contribution is 5.83. The second kappa shape index (κ2) is 5.01. The molecule has 0 bridgehead atoms. The van der Waals surface area contributed by atoms with Gasteiger partial charge in [-0.25, -0.2) is 4.98 Å². The molecule has 0 aliphatic rings. The molecule has 3 rings (SSSR count). The highest BCUT2D eigenvalue weighted by Crippen LogP contribution is 2.33. The number of ether oxygens (including phenoxy) is 2. The second-order valence-electron chi connectivity index (χ2n) is 4.81. The number of nitrogens with zero attached hydrogens (tertiary/aromatic N) is 1. The number of nitrogens with one attached hydrogen (secondary N) is 1. The highest BCUT2D eigenvalue weighted by Gasteiger charge is 2.11. The summed E-state index contributed by atoms with van der Waals surface area (Å²) in [6, 6.07) is 9.08. The van der Waals surface area contributed by atoms with E-state index in [0.717, 1.165) is 28.0 Å². The number of phenolic OH excluding ortho intramolecular Hbond substituents is 1. The number of aromatic amines is 1. The lowest BCUT2D eigenvalue weighted by molar-refractivity contribution is 0.356. The van der Waals surface area contributed by atoms with Gasteiger partial charge >= 0.3 is 0 Å². The summed E-state index contributed by atoms with van der Waals surface area (Å²) in [5, 5.41) is 9.60. The van der Waals surface area contributed by atoms with Crippen molar-refractivity contribution in [1.82, 2.24) is 9.97 Å². The molecule has 2 aromatic carbocycles. The molecule has 21 heavy (non-hydrogen) atoms. The van der Waals surface area contributed by atoms with Gasteiger partial charge in [-0.15, -0.1) is 0 Å². The van der Waals surface area contributed by atoms with Gasteiger partial charge in [-0.1, -0.05) is 0 Å². The van der Waals surface area contributed by atoms with Gasteiger partial charge in [0.25, 0.3) is 0 Å². The first-order valence-corrected chi connectivity index (χ1v) is 6.54. The van der Waals surface area contributed by atoms with Gasteiger partial charge in [0.15, 0.2) is 11.5 Å². The highest BCUT2D eigenvalue weighted by atomic mass is 16.5. The number of aryl methyl sites for hydroxylation is 1. The SMILES string of the molecule is COc1cc2nc(-c3ccc(O)c(C)c3)[nH]c2cc1OC. The molecular formula is C16H16N2O3. The van der Waals surface area contributed by atoms with Crippen molar-refractivity contribution in [3.05, 3.63) is 35.9 Å². The predicted molar refractivity (Wildman–Crippen MR) is 81.0 cm³/mol. The van der Waals surface area contributed by atoms with Crippen LogP contribution in [-0.2, 0) is 0 Å². The van der Waals surface area contributed by atoms with Crippen molar-refractivity contribution in [1.29, 1.82) is 0 Å². The van der Waals surface area contributed by atoms with Crippen LogP contribution >= 0.6 is 0 Å². The molecule has 0 unspecified atom stereocenters. The van der Waals surface area contributed by atoms with E-state index in [9.17, 15) is 5.11 Å². The van der Waals surface area contributed by atoms with Crippen molar-refractivity contribution in [3.8, 4) is 28.6 Å². The zero-order chi connectivity index (χ0) is 15.0. The summed E-state index contributed by atoms with van der Waals surface area (Å²) in [7, 11) is 3.20. The molecule has 1 aromatic heterocycles. The number of aromatic nitrogens is 2. The maximum absolute atomic E-state index is 9.60. The molecular weight excluding hydrogens is 268 g/mol. The summed E-state index contributed by atoms with van der Waals surface area (Å²) in [6.45, 7) is 1.85. The minimum atomic E-state index is 0.276. The summed E-state index contributed by atoms with van der Waals surface area (Å²) in [5.74, 6) is 2.31. The maximum Gasteiger partial charge on any atom is 0.163 e. The van der Waals surface area contributed by atoms with E-state index < -0.39 is 0 Å². The average Bonchev–Trinajstić information content (AvgIpc) is 2.91. The van der Waals surface area contributed by atoms with Crippen molar-refractivity contribution in [2.75, 3.05) is 14.2 Å². The van der Waals surface area contributed by atoms with Crippen LogP contribution < -0.4 is 9.47 Å². The van der Waals surface area contributed by atoms with Gasteiger partial charge < -0.3 is 19.6 Å². The number of methoxy groups -OCH3 is 2. The first-order valence-electron chi connectivity index (χ1n) is 6.54. The summed E-state index contributed by atoms with van der Waals surface area (Å²) in [6.07, 6.45) is 0. The Kier molecular flexibility index (Phi) is 3.17. The van der Waals surface area contributed by atoms with Crippen molar-refractivity contribution in [2.45, 2.75) is 6.92 Å². The lowest BCUT2D eigenvalue weighted by atomic mass is 10.1. The number of phenols is 1. The standard InChI is InChI=1S/C16H16N2O3/c1-9-6-10(4-5-13(9)19)16-17-11-7-14(20-2)15(21-3)8-12(11)18-16/h4-8,19H,1-3H3,(H,17,18). The molecule has 2 N–H and O–H groups in total. The number of rotatable bonds is 3. The quantitative estimate of drug-likeness (QED) is 0.774. The van der Waals surface area contributed by atoms with Gasteiger partial charge in [0.2, 0.25) is 0 Å². The fourth-order valence-corrected chi connectivity index (χ4v) is 2.28. The van der Waals surface area contributed by atoms with Crippen LogP contribution in [0.4, 0.5) is 0 Å². The average molecular weight is 284 g/mol. The van der Waals surface area contributed by atoms with E-state index in [1.54, 1.807) is 20.3 Å². The van der Waals surface area contributed by atoms with E-state index in [1.807, 2.05) is 31.2 Å². The monoisotopic (exact) mass is 284 g/mol. The molecule has 0 fully saturated rings. The Morgan fingerprint density at radius 3 is 2.43 bits per heavy atom. The molecule has 0 aliphatic heterocycles. The number of H-pyrrole nitrogens is 1. The Morgan fingerprint density at radius 2 is 1.76 bits per heavy atom. The lowest BCUT2D eigenvalue weighted by Gasteiger charge is -2.06. The van der Waals surface area contributed by atoms with E-state index in [-0.39, 0.29) is 5.75 Å². The summed E-state index contributed by atoms with van der Waals surface area (Å²) >= 11 is 0. The van der Waals surface area contributed by atoms with E-state index in [0.29, 0.717) is 11.5 Å². The zero-order valence-electron chi connectivity index (χ0n) is 12.1. The topological polar surface area (TPSA) is 67.4 Å². The van der Waals surface area contributed by atoms with Gasteiger partial charge in [0.05, 0.1) is 25.3 Å². The normalized spacial score (nSPS) is 10.8. The third-order valence-electron chi connectivity index (χ3n) is 3.46. The van der Waals surface area contributed by atoms with Crippen molar-refractivity contribution in [2.24, 2.45) is 0 Å². The molecule has 3 aromatic rings. The van der Waals surface area contributed by atoms with E-state index in [1.165, 1.54) is 0 Å². The van der Waals surface area contributed by atoms with Gasteiger partial charge in [-0.2, -0.15) is 0 Å². The Hall–Kier alpha value is -2.69. The second-order valence-corrected chi connectivity index (χ2v) is 4.81. The first kappa shape index (κ1) is 13.3. The third-order valence-corrected chi connectivity index (χ3v) is 3.46. The maximum atomic E-state index is 9.60. The minimum absolute atomic E-state index is 0.276. The summed E-state index contributed by atoms with van der Waals surface area (Å²) in [4.78, 5) is 7.82. The van der Waals surface area contributed by atoms with Crippen LogP contribution in [0, 0.1) is 6.92 Å². The first-order chi connectivity index (χ1) is 10.1. The molecule has 0 aliphatic carbocycles.